The summed E-state index contributed by atoms with van der Waals surface area (Å²) >= 11 is 0. The number of ether oxygens (including phenoxy) is 1. The van der Waals surface area contributed by atoms with Gasteiger partial charge in [0.05, 0.1) is 25.2 Å². The van der Waals surface area contributed by atoms with Gasteiger partial charge in [-0.15, -0.1) is 0 Å². The van der Waals surface area contributed by atoms with Gasteiger partial charge in [-0.1, -0.05) is 38.1 Å². The Bertz CT molecular complexity index is 630. The number of hydrogen-bond donors (Lipinski definition) is 1. The zero-order valence-electron chi connectivity index (χ0n) is 16.9. The van der Waals surface area contributed by atoms with E-state index in [0.29, 0.717) is 32.2 Å². The highest BCUT2D eigenvalue weighted by Gasteiger charge is 2.28. The lowest BCUT2D eigenvalue weighted by molar-refractivity contribution is -0.143. The Morgan fingerprint density at radius 1 is 1.26 bits per heavy atom. The number of rotatable bonds is 8. The van der Waals surface area contributed by atoms with E-state index in [1.165, 1.54) is 5.56 Å². The van der Waals surface area contributed by atoms with Crippen LogP contribution in [0, 0.1) is 5.92 Å². The van der Waals surface area contributed by atoms with Crippen LogP contribution in [-0.2, 0) is 20.7 Å². The molecule has 1 aromatic carbocycles. The predicted octanol–water partition coefficient (Wildman–Crippen LogP) is 2.23. The third kappa shape index (κ3) is 6.63. The summed E-state index contributed by atoms with van der Waals surface area (Å²) in [5, 5.41) is 8.87. The van der Waals surface area contributed by atoms with Crippen LogP contribution in [-0.4, -0.2) is 72.7 Å². The van der Waals surface area contributed by atoms with Crippen molar-refractivity contribution in [2.24, 2.45) is 5.92 Å². The number of amides is 1. The van der Waals surface area contributed by atoms with Crippen molar-refractivity contribution >= 4 is 11.9 Å². The fourth-order valence-electron chi connectivity index (χ4n) is 3.50. The molecule has 1 unspecified atom stereocenters. The molecule has 1 aliphatic heterocycles. The molecule has 1 saturated heterocycles. The quantitative estimate of drug-likeness (QED) is 0.753. The maximum absolute atomic E-state index is 12.9. The Hall–Kier alpha value is -1.92. The van der Waals surface area contributed by atoms with Gasteiger partial charge in [-0.25, -0.2) is 0 Å². The van der Waals surface area contributed by atoms with Crippen molar-refractivity contribution in [1.29, 1.82) is 0 Å². The van der Waals surface area contributed by atoms with Gasteiger partial charge in [0, 0.05) is 19.6 Å². The first-order valence-corrected chi connectivity index (χ1v) is 9.65. The average Bonchev–Trinajstić information content (AvgIpc) is 2.60. The minimum absolute atomic E-state index is 0.0348. The minimum atomic E-state index is -0.865. The lowest BCUT2D eigenvalue weighted by atomic mass is 9.95. The van der Waals surface area contributed by atoms with Crippen LogP contribution in [0.15, 0.2) is 24.3 Å². The van der Waals surface area contributed by atoms with Gasteiger partial charge in [-0.3, -0.25) is 14.5 Å². The number of carboxylic acids is 1. The van der Waals surface area contributed by atoms with E-state index < -0.39 is 5.97 Å². The van der Waals surface area contributed by atoms with Crippen LogP contribution in [0.4, 0.5) is 0 Å². The van der Waals surface area contributed by atoms with Crippen LogP contribution in [0.1, 0.15) is 37.8 Å². The first kappa shape index (κ1) is 21.4. The summed E-state index contributed by atoms with van der Waals surface area (Å²) in [6, 6.07) is 8.34. The number of likely N-dealkylation sites (N-methyl/N-ethyl adjacent to an activating group) is 1. The molecular formula is C21H32N2O4. The van der Waals surface area contributed by atoms with E-state index in [0.717, 1.165) is 12.0 Å². The van der Waals surface area contributed by atoms with Crippen molar-refractivity contribution in [3.63, 3.8) is 0 Å². The first-order valence-electron chi connectivity index (χ1n) is 9.65. The number of carboxylic acid groups (broad SMARTS) is 1. The van der Waals surface area contributed by atoms with Crippen molar-refractivity contribution < 1.29 is 19.4 Å². The van der Waals surface area contributed by atoms with Crippen LogP contribution < -0.4 is 0 Å². The van der Waals surface area contributed by atoms with Crippen LogP contribution in [0.25, 0.3) is 0 Å². The Morgan fingerprint density at radius 3 is 2.52 bits per heavy atom. The number of hydrogen-bond acceptors (Lipinski definition) is 4. The van der Waals surface area contributed by atoms with Gasteiger partial charge in [-0.05, 0) is 37.4 Å². The third-order valence-electron chi connectivity index (χ3n) is 4.87. The molecular weight excluding hydrogens is 344 g/mol. The van der Waals surface area contributed by atoms with Gasteiger partial charge in [-0.2, -0.15) is 0 Å². The highest BCUT2D eigenvalue weighted by atomic mass is 16.5. The second-order valence-electron chi connectivity index (χ2n) is 7.93. The molecule has 1 amide bonds. The molecule has 6 nitrogen and oxygen atoms in total. The highest BCUT2D eigenvalue weighted by molar-refractivity contribution is 5.83. The normalized spacial score (nSPS) is 18.7. The Labute approximate surface area is 162 Å². The van der Waals surface area contributed by atoms with E-state index in [2.05, 4.69) is 38.1 Å². The first-order chi connectivity index (χ1) is 12.8. The fraction of sp³-hybridized carbons (Fsp3) is 0.619. The number of morpholine rings is 1. The van der Waals surface area contributed by atoms with E-state index >= 15 is 0 Å². The Kier molecular flexibility index (Phi) is 7.80. The number of carbonyl (C=O) groups is 2. The van der Waals surface area contributed by atoms with Crippen molar-refractivity contribution in [2.75, 3.05) is 39.8 Å². The second-order valence-corrected chi connectivity index (χ2v) is 7.93. The summed E-state index contributed by atoms with van der Waals surface area (Å²) in [7, 11) is 1.75. The molecule has 1 fully saturated rings. The van der Waals surface area contributed by atoms with Gasteiger partial charge in [0.1, 0.15) is 0 Å². The van der Waals surface area contributed by atoms with E-state index in [1.807, 2.05) is 11.8 Å². The fourth-order valence-corrected chi connectivity index (χ4v) is 3.50. The molecule has 0 spiro atoms. The summed E-state index contributed by atoms with van der Waals surface area (Å²) in [6.07, 6.45) is 0.880. The molecule has 27 heavy (non-hydrogen) atoms. The molecule has 0 bridgehead atoms. The number of nitrogens with zero attached hydrogens (tertiary/aromatic N) is 2. The zero-order chi connectivity index (χ0) is 20.0. The molecule has 1 aromatic rings. The number of aliphatic carboxylic acids is 1. The molecule has 1 aliphatic rings. The molecule has 2 atom stereocenters. The maximum atomic E-state index is 12.9. The van der Waals surface area contributed by atoms with Crippen molar-refractivity contribution in [1.82, 2.24) is 9.80 Å². The summed E-state index contributed by atoms with van der Waals surface area (Å²) < 4.78 is 5.72. The summed E-state index contributed by atoms with van der Waals surface area (Å²) in [5.74, 6) is -0.357. The highest BCUT2D eigenvalue weighted by Crippen LogP contribution is 2.21. The maximum Gasteiger partial charge on any atom is 0.317 e. The molecule has 150 valence electrons. The van der Waals surface area contributed by atoms with Gasteiger partial charge in [0.2, 0.25) is 5.91 Å². The molecule has 1 heterocycles. The predicted molar refractivity (Wildman–Crippen MR) is 105 cm³/mol. The number of benzene rings is 1. The van der Waals surface area contributed by atoms with Crippen LogP contribution in [0.3, 0.4) is 0 Å². The average molecular weight is 376 g/mol. The summed E-state index contributed by atoms with van der Waals surface area (Å²) in [6.45, 7) is 8.36. The monoisotopic (exact) mass is 376 g/mol. The van der Waals surface area contributed by atoms with E-state index in [-0.39, 0.29) is 24.5 Å². The zero-order valence-corrected chi connectivity index (χ0v) is 16.9. The topological polar surface area (TPSA) is 70.1 Å². The van der Waals surface area contributed by atoms with Gasteiger partial charge >= 0.3 is 5.97 Å². The number of carbonyl (C=O) groups excluding carboxylic acids is 1. The smallest absolute Gasteiger partial charge is 0.317 e. The summed E-state index contributed by atoms with van der Waals surface area (Å²) in [5.41, 5.74) is 2.32. The molecule has 0 aromatic heterocycles. The third-order valence-corrected chi connectivity index (χ3v) is 4.87. The largest absolute Gasteiger partial charge is 0.480 e. The molecule has 6 heteroatoms. The van der Waals surface area contributed by atoms with Crippen LogP contribution >= 0.6 is 0 Å². The van der Waals surface area contributed by atoms with E-state index in [4.69, 9.17) is 9.84 Å². The molecule has 0 aliphatic carbocycles. The van der Waals surface area contributed by atoms with Gasteiger partial charge in [0.25, 0.3) is 0 Å². The molecule has 0 saturated carbocycles. The standard InChI is InChI=1S/C21H32N2O4/c1-15(2)11-17-5-7-18(8-6-17)16(3)21(26)23-9-10-27-19(13-23)12-22(4)14-20(24)25/h5-8,15-16,19H,9-14H2,1-4H3,(H,24,25)/t16-,19?/m0/s1. The molecule has 0 radical (unpaired) electrons. The molecule has 2 rings (SSSR count). The molecule has 1 N–H and O–H groups in total. The van der Waals surface area contributed by atoms with Crippen molar-refractivity contribution in [3.8, 4) is 0 Å². The Morgan fingerprint density at radius 2 is 1.93 bits per heavy atom. The van der Waals surface area contributed by atoms with E-state index in [1.54, 1.807) is 11.9 Å². The lowest BCUT2D eigenvalue weighted by Gasteiger charge is -2.36. The Balaban J connectivity index is 1.94. The van der Waals surface area contributed by atoms with Gasteiger partial charge in [0.15, 0.2) is 0 Å². The van der Waals surface area contributed by atoms with E-state index in [9.17, 15) is 9.59 Å². The van der Waals surface area contributed by atoms with Crippen LogP contribution in [0.2, 0.25) is 0 Å². The SMILES string of the molecule is CC(C)Cc1ccc([C@H](C)C(=O)N2CCOC(CN(C)CC(=O)O)C2)cc1. The van der Waals surface area contributed by atoms with Crippen molar-refractivity contribution in [3.05, 3.63) is 35.4 Å². The lowest BCUT2D eigenvalue weighted by Crippen LogP contribution is -2.50. The summed E-state index contributed by atoms with van der Waals surface area (Å²) in [4.78, 5) is 27.3. The van der Waals surface area contributed by atoms with Gasteiger partial charge < -0.3 is 14.7 Å². The second kappa shape index (κ2) is 9.85. The van der Waals surface area contributed by atoms with Crippen LogP contribution in [0.5, 0.6) is 0 Å². The minimum Gasteiger partial charge on any atom is -0.480 e. The van der Waals surface area contributed by atoms with Crippen molar-refractivity contribution in [2.45, 2.75) is 39.2 Å².